The summed E-state index contributed by atoms with van der Waals surface area (Å²) in [4.78, 5) is 48.5. The van der Waals surface area contributed by atoms with Crippen molar-refractivity contribution in [1.82, 2.24) is 24.8 Å². The average Bonchev–Trinajstić information content (AvgIpc) is 3.46. The molecule has 186 valence electrons. The van der Waals surface area contributed by atoms with Gasteiger partial charge in [-0.3, -0.25) is 19.3 Å². The number of aryl methyl sites for hydroxylation is 1. The molecule has 5 N–H and O–H groups in total. The molecule has 1 aliphatic rings. The van der Waals surface area contributed by atoms with Gasteiger partial charge in [0.2, 0.25) is 11.3 Å². The lowest BCUT2D eigenvalue weighted by Gasteiger charge is -2.22. The number of carbonyl (C=O) groups excluding carboxylic acids is 2. The number of thiazole rings is 1. The van der Waals surface area contributed by atoms with Gasteiger partial charge in [-0.15, -0.1) is 11.3 Å². The Hall–Kier alpha value is -3.31. The van der Waals surface area contributed by atoms with E-state index in [0.717, 1.165) is 30.2 Å². The lowest BCUT2D eigenvalue weighted by Crippen LogP contribution is -2.40. The zero-order valence-electron chi connectivity index (χ0n) is 20.0. The molecule has 0 aromatic carbocycles. The van der Waals surface area contributed by atoms with Crippen LogP contribution < -0.4 is 22.2 Å². The van der Waals surface area contributed by atoms with Gasteiger partial charge < -0.3 is 21.4 Å². The third-order valence-corrected chi connectivity index (χ3v) is 7.38. The van der Waals surface area contributed by atoms with Crippen molar-refractivity contribution in [2.75, 3.05) is 25.4 Å². The summed E-state index contributed by atoms with van der Waals surface area (Å²) in [6.45, 7) is 7.20. The highest BCUT2D eigenvalue weighted by atomic mass is 32.1. The number of carbonyl (C=O) groups is 2. The Balaban J connectivity index is 1.46. The lowest BCUT2D eigenvalue weighted by atomic mass is 10.1. The molecule has 35 heavy (non-hydrogen) atoms. The van der Waals surface area contributed by atoms with Crippen molar-refractivity contribution in [3.05, 3.63) is 49.7 Å². The maximum absolute atomic E-state index is 12.7. The standard InChI is InChI=1S/C24H31N7O3S/c1-3-30-9-5-6-16(30)12-27-18(32)10-15-13-35-19(28-15)11-14-7-8-17-21(33)20(23(26)34)22(25)31(4-2)24(17)29-14/h7-8,13,16H,3-6,9-12,25H2,1-2H3,(H2,26,34)(H,27,32). The van der Waals surface area contributed by atoms with E-state index in [2.05, 4.69) is 27.1 Å². The van der Waals surface area contributed by atoms with Crippen LogP contribution in [-0.4, -0.2) is 56.9 Å². The van der Waals surface area contributed by atoms with Crippen LogP contribution in [0.5, 0.6) is 0 Å². The van der Waals surface area contributed by atoms with Crippen LogP contribution in [0.2, 0.25) is 0 Å². The van der Waals surface area contributed by atoms with Gasteiger partial charge in [-0.25, -0.2) is 9.97 Å². The summed E-state index contributed by atoms with van der Waals surface area (Å²) in [7, 11) is 0. The third kappa shape index (κ3) is 5.20. The first kappa shape index (κ1) is 24.8. The van der Waals surface area contributed by atoms with Crippen LogP contribution in [0, 0.1) is 0 Å². The van der Waals surface area contributed by atoms with Crippen LogP contribution in [0.3, 0.4) is 0 Å². The smallest absolute Gasteiger partial charge is 0.256 e. The highest BCUT2D eigenvalue weighted by Crippen LogP contribution is 2.20. The molecule has 0 aliphatic carbocycles. The normalized spacial score (nSPS) is 16.1. The van der Waals surface area contributed by atoms with E-state index in [1.807, 2.05) is 12.3 Å². The molecule has 0 radical (unpaired) electrons. The lowest BCUT2D eigenvalue weighted by molar-refractivity contribution is -0.120. The number of nitrogens with one attached hydrogen (secondary N) is 1. The molecule has 10 nitrogen and oxygen atoms in total. The Kier molecular flexibility index (Phi) is 7.46. The maximum atomic E-state index is 12.7. The van der Waals surface area contributed by atoms with Gasteiger partial charge in [-0.05, 0) is 45.0 Å². The Labute approximate surface area is 207 Å². The Morgan fingerprint density at radius 2 is 2.00 bits per heavy atom. The van der Waals surface area contributed by atoms with Gasteiger partial charge >= 0.3 is 0 Å². The number of pyridine rings is 2. The average molecular weight is 498 g/mol. The largest absolute Gasteiger partial charge is 0.384 e. The summed E-state index contributed by atoms with van der Waals surface area (Å²) in [5.74, 6) is -0.864. The molecule has 4 rings (SSSR count). The first-order valence-electron chi connectivity index (χ1n) is 11.9. The first-order chi connectivity index (χ1) is 16.8. The van der Waals surface area contributed by atoms with Crippen LogP contribution in [0.25, 0.3) is 11.0 Å². The summed E-state index contributed by atoms with van der Waals surface area (Å²) in [6.07, 6.45) is 2.99. The van der Waals surface area contributed by atoms with Crippen molar-refractivity contribution in [3.8, 4) is 0 Å². The predicted molar refractivity (Wildman–Crippen MR) is 137 cm³/mol. The van der Waals surface area contributed by atoms with Crippen LogP contribution in [-0.2, 0) is 24.2 Å². The number of aromatic nitrogens is 3. The molecule has 0 spiro atoms. The van der Waals surface area contributed by atoms with Gasteiger partial charge in [0.25, 0.3) is 5.91 Å². The number of likely N-dealkylation sites (tertiary alicyclic amines) is 1. The Morgan fingerprint density at radius 3 is 2.71 bits per heavy atom. The number of nitrogens with zero attached hydrogens (tertiary/aromatic N) is 4. The second kappa shape index (κ2) is 10.5. The Bertz CT molecular complexity index is 1320. The number of likely N-dealkylation sites (N-methyl/N-ethyl adjacent to an activating group) is 1. The fourth-order valence-corrected chi connectivity index (χ4v) is 5.50. The number of rotatable bonds is 9. The minimum Gasteiger partial charge on any atom is -0.384 e. The Morgan fingerprint density at radius 1 is 1.20 bits per heavy atom. The molecule has 0 saturated carbocycles. The summed E-state index contributed by atoms with van der Waals surface area (Å²) in [5, 5.41) is 6.05. The topological polar surface area (TPSA) is 149 Å². The number of primary amides is 1. The van der Waals surface area contributed by atoms with Gasteiger partial charge in [-0.2, -0.15) is 0 Å². The first-order valence-corrected chi connectivity index (χ1v) is 12.8. The fraction of sp³-hybridized carbons (Fsp3) is 0.458. The number of nitrogens with two attached hydrogens (primary N) is 2. The number of hydrogen-bond donors (Lipinski definition) is 3. The third-order valence-electron chi connectivity index (χ3n) is 6.48. The van der Waals surface area contributed by atoms with E-state index in [1.54, 1.807) is 16.7 Å². The molecule has 1 atom stereocenters. The summed E-state index contributed by atoms with van der Waals surface area (Å²) in [5.41, 5.74) is 12.5. The van der Waals surface area contributed by atoms with Crippen LogP contribution >= 0.6 is 11.3 Å². The summed E-state index contributed by atoms with van der Waals surface area (Å²) >= 11 is 1.47. The van der Waals surface area contributed by atoms with E-state index in [9.17, 15) is 14.4 Å². The number of hydrogen-bond acceptors (Lipinski definition) is 8. The number of amides is 2. The molecule has 1 fully saturated rings. The molecule has 4 heterocycles. The van der Waals surface area contributed by atoms with Crippen LogP contribution in [0.15, 0.2) is 22.3 Å². The predicted octanol–water partition coefficient (Wildman–Crippen LogP) is 1.29. The molecule has 2 amide bonds. The van der Waals surface area contributed by atoms with Crippen LogP contribution in [0.1, 0.15) is 53.4 Å². The molecule has 1 aliphatic heterocycles. The molecular weight excluding hydrogens is 466 g/mol. The van der Waals surface area contributed by atoms with Gasteiger partial charge in [0, 0.05) is 36.6 Å². The SMILES string of the molecule is CCN1CCCC1CNC(=O)Cc1csc(Cc2ccc3c(=O)c(C(N)=O)c(N)n(CC)c3n2)n1. The maximum Gasteiger partial charge on any atom is 0.256 e. The van der Waals surface area contributed by atoms with Gasteiger partial charge in [0.1, 0.15) is 17.0 Å². The monoisotopic (exact) mass is 497 g/mol. The van der Waals surface area contributed by atoms with E-state index in [4.69, 9.17) is 11.5 Å². The highest BCUT2D eigenvalue weighted by Gasteiger charge is 2.23. The fourth-order valence-electron chi connectivity index (χ4n) is 4.69. The van der Waals surface area contributed by atoms with Crippen LogP contribution in [0.4, 0.5) is 5.82 Å². The van der Waals surface area contributed by atoms with Crippen molar-refractivity contribution in [3.63, 3.8) is 0 Å². The van der Waals surface area contributed by atoms with Crippen molar-refractivity contribution in [2.45, 2.75) is 52.1 Å². The van der Waals surface area contributed by atoms with Crippen molar-refractivity contribution < 1.29 is 9.59 Å². The molecule has 3 aromatic heterocycles. The van der Waals surface area contributed by atoms with E-state index in [0.29, 0.717) is 42.3 Å². The summed E-state index contributed by atoms with van der Waals surface area (Å²) < 4.78 is 1.61. The van der Waals surface area contributed by atoms with E-state index >= 15 is 0 Å². The quantitative estimate of drug-likeness (QED) is 0.403. The number of anilines is 1. The molecule has 1 saturated heterocycles. The molecule has 3 aromatic rings. The van der Waals surface area contributed by atoms with Gasteiger partial charge in [-0.1, -0.05) is 6.92 Å². The minimum atomic E-state index is -0.856. The number of fused-ring (bicyclic) bond motifs is 1. The second-order valence-corrected chi connectivity index (χ2v) is 9.63. The summed E-state index contributed by atoms with van der Waals surface area (Å²) in [6, 6.07) is 3.80. The van der Waals surface area contributed by atoms with Crippen molar-refractivity contribution in [1.29, 1.82) is 0 Å². The van der Waals surface area contributed by atoms with Crippen molar-refractivity contribution in [2.24, 2.45) is 5.73 Å². The molecule has 11 heteroatoms. The van der Waals surface area contributed by atoms with Crippen molar-refractivity contribution >= 4 is 40.0 Å². The number of nitrogen functional groups attached to an aromatic ring is 1. The van der Waals surface area contributed by atoms with E-state index < -0.39 is 11.3 Å². The molecule has 1 unspecified atom stereocenters. The highest BCUT2D eigenvalue weighted by molar-refractivity contribution is 7.09. The second-order valence-electron chi connectivity index (χ2n) is 8.69. The van der Waals surface area contributed by atoms with Gasteiger partial charge in [0.05, 0.1) is 22.5 Å². The molecule has 0 bridgehead atoms. The zero-order valence-corrected chi connectivity index (χ0v) is 20.9. The van der Waals surface area contributed by atoms with E-state index in [1.165, 1.54) is 17.8 Å². The van der Waals surface area contributed by atoms with Gasteiger partial charge in [0.15, 0.2) is 0 Å². The minimum absolute atomic E-state index is 0.0179. The van der Waals surface area contributed by atoms with E-state index in [-0.39, 0.29) is 23.7 Å². The zero-order chi connectivity index (χ0) is 25.1. The molecular formula is C24H31N7O3S.